The minimum Gasteiger partial charge on any atom is -0.545 e. The lowest BCUT2D eigenvalue weighted by Crippen LogP contribution is -3.13. The van der Waals surface area contributed by atoms with Crippen molar-refractivity contribution in [3.8, 4) is 0 Å². The number of rotatable bonds is 4. The predicted molar refractivity (Wildman–Crippen MR) is 64.4 cm³/mol. The number of pyridine rings is 1. The van der Waals surface area contributed by atoms with Crippen LogP contribution in [0.2, 0.25) is 0 Å². The Labute approximate surface area is 106 Å². The smallest absolute Gasteiger partial charge is 0.250 e. The zero-order chi connectivity index (χ0) is 13.0. The van der Waals surface area contributed by atoms with Crippen molar-refractivity contribution in [3.05, 3.63) is 34.2 Å². The summed E-state index contributed by atoms with van der Waals surface area (Å²) in [6, 6.07) is 2.58. The molecule has 18 heavy (non-hydrogen) atoms. The van der Waals surface area contributed by atoms with Crippen LogP contribution in [0.25, 0.3) is 0 Å². The van der Waals surface area contributed by atoms with Crippen molar-refractivity contribution >= 4 is 5.97 Å². The van der Waals surface area contributed by atoms with Gasteiger partial charge in [0, 0.05) is 17.8 Å². The molecule has 0 spiro atoms. The summed E-state index contributed by atoms with van der Waals surface area (Å²) in [4.78, 5) is 23.8. The van der Waals surface area contributed by atoms with E-state index in [0.717, 1.165) is 19.6 Å². The first-order valence-corrected chi connectivity index (χ1v) is 6.42. The molecule has 1 N–H and O–H groups in total. The number of hydrogen-bond acceptors (Lipinski definition) is 3. The third-order valence-corrected chi connectivity index (χ3v) is 3.49. The molecule has 0 bridgehead atoms. The van der Waals surface area contributed by atoms with Crippen molar-refractivity contribution in [3.63, 3.8) is 0 Å². The third kappa shape index (κ3) is 3.20. The number of carbonyl (C=O) groups is 1. The highest BCUT2D eigenvalue weighted by atomic mass is 16.4. The van der Waals surface area contributed by atoms with Gasteiger partial charge in [0.25, 0.3) is 5.56 Å². The Balaban J connectivity index is 2.01. The number of piperidine rings is 1. The van der Waals surface area contributed by atoms with Crippen LogP contribution >= 0.6 is 0 Å². The average molecular weight is 250 g/mol. The number of nitrogens with zero attached hydrogens (tertiary/aromatic N) is 1. The zero-order valence-electron chi connectivity index (χ0n) is 10.4. The van der Waals surface area contributed by atoms with Crippen LogP contribution in [-0.4, -0.2) is 30.2 Å². The molecule has 1 aliphatic heterocycles. The maximum Gasteiger partial charge on any atom is 0.250 e. The van der Waals surface area contributed by atoms with Gasteiger partial charge >= 0.3 is 0 Å². The Hall–Kier alpha value is -1.62. The molecule has 1 aliphatic rings. The quantitative estimate of drug-likeness (QED) is 0.691. The van der Waals surface area contributed by atoms with Gasteiger partial charge in [0.2, 0.25) is 0 Å². The second-order valence-electron chi connectivity index (χ2n) is 4.80. The fourth-order valence-corrected chi connectivity index (χ4v) is 2.41. The normalized spacial score (nSPS) is 16.7. The van der Waals surface area contributed by atoms with Gasteiger partial charge in [-0.05, 0) is 25.3 Å². The number of nitrogens with one attached hydrogen (secondary N) is 1. The molecule has 0 aliphatic carbocycles. The van der Waals surface area contributed by atoms with Crippen LogP contribution in [0.4, 0.5) is 0 Å². The number of aromatic carboxylic acids is 1. The molecule has 0 radical (unpaired) electrons. The number of aromatic nitrogens is 1. The Morgan fingerprint density at radius 3 is 2.67 bits per heavy atom. The lowest BCUT2D eigenvalue weighted by atomic mass is 10.1. The van der Waals surface area contributed by atoms with Gasteiger partial charge in [0.1, 0.15) is 0 Å². The summed E-state index contributed by atoms with van der Waals surface area (Å²) < 4.78 is 1.47. The second kappa shape index (κ2) is 5.82. The van der Waals surface area contributed by atoms with Crippen LogP contribution in [-0.2, 0) is 6.54 Å². The van der Waals surface area contributed by atoms with Crippen LogP contribution < -0.4 is 15.6 Å². The fourth-order valence-electron chi connectivity index (χ4n) is 2.41. The van der Waals surface area contributed by atoms with E-state index in [1.165, 1.54) is 47.1 Å². The lowest BCUT2D eigenvalue weighted by Gasteiger charge is -2.23. The molecular weight excluding hydrogens is 232 g/mol. The maximum absolute atomic E-state index is 11.6. The molecule has 98 valence electrons. The standard InChI is InChI=1S/C13H18N2O3/c16-12-5-4-11(13(17)18)10-15(12)9-8-14-6-2-1-3-7-14/h4-5,10H,1-3,6-9H2,(H,17,18). The lowest BCUT2D eigenvalue weighted by molar-refractivity contribution is -0.905. The second-order valence-corrected chi connectivity index (χ2v) is 4.80. The van der Waals surface area contributed by atoms with Crippen molar-refractivity contribution in [2.45, 2.75) is 25.8 Å². The van der Waals surface area contributed by atoms with Crippen molar-refractivity contribution in [2.24, 2.45) is 0 Å². The number of hydrogen-bond donors (Lipinski definition) is 1. The van der Waals surface area contributed by atoms with Crippen LogP contribution in [0.5, 0.6) is 0 Å². The topological polar surface area (TPSA) is 66.6 Å². The SMILES string of the molecule is O=C([O-])c1ccc(=O)n(CC[NH+]2CCCCC2)c1. The van der Waals surface area contributed by atoms with Crippen molar-refractivity contribution < 1.29 is 14.8 Å². The molecule has 0 saturated carbocycles. The fraction of sp³-hybridized carbons (Fsp3) is 0.538. The van der Waals surface area contributed by atoms with E-state index in [-0.39, 0.29) is 11.1 Å². The molecule has 2 rings (SSSR count). The summed E-state index contributed by atoms with van der Waals surface area (Å²) in [6.07, 6.45) is 5.15. The average Bonchev–Trinajstić information content (AvgIpc) is 2.38. The molecule has 0 unspecified atom stereocenters. The number of carboxylic acids is 1. The van der Waals surface area contributed by atoms with E-state index in [9.17, 15) is 14.7 Å². The van der Waals surface area contributed by atoms with Crippen LogP contribution in [0, 0.1) is 0 Å². The van der Waals surface area contributed by atoms with Gasteiger partial charge in [-0.2, -0.15) is 0 Å². The Bertz CT molecular complexity index is 475. The minimum absolute atomic E-state index is 0.0586. The van der Waals surface area contributed by atoms with E-state index in [2.05, 4.69) is 0 Å². The molecule has 1 fully saturated rings. The monoisotopic (exact) mass is 250 g/mol. The molecule has 0 amide bonds. The molecule has 5 nitrogen and oxygen atoms in total. The summed E-state index contributed by atoms with van der Waals surface area (Å²) in [5.41, 5.74) is -0.0975. The van der Waals surface area contributed by atoms with Gasteiger partial charge in [-0.15, -0.1) is 0 Å². The minimum atomic E-state index is -1.24. The predicted octanol–water partition coefficient (Wildman–Crippen LogP) is -1.72. The molecule has 1 aromatic rings. The molecule has 0 atom stereocenters. The van der Waals surface area contributed by atoms with Gasteiger partial charge in [0.15, 0.2) is 0 Å². The highest BCUT2D eigenvalue weighted by Gasteiger charge is 2.13. The molecule has 1 aromatic heterocycles. The highest BCUT2D eigenvalue weighted by molar-refractivity contribution is 5.85. The number of quaternary nitrogens is 1. The van der Waals surface area contributed by atoms with Gasteiger partial charge in [-0.25, -0.2) is 0 Å². The third-order valence-electron chi connectivity index (χ3n) is 3.49. The van der Waals surface area contributed by atoms with E-state index < -0.39 is 5.97 Å². The summed E-state index contributed by atoms with van der Waals surface area (Å²) in [5, 5.41) is 10.7. The van der Waals surface area contributed by atoms with E-state index in [4.69, 9.17) is 0 Å². The zero-order valence-corrected chi connectivity index (χ0v) is 10.4. The van der Waals surface area contributed by atoms with Crippen LogP contribution in [0.15, 0.2) is 23.1 Å². The first-order valence-electron chi connectivity index (χ1n) is 6.42. The van der Waals surface area contributed by atoms with Gasteiger partial charge in [0.05, 0.1) is 32.1 Å². The Kier molecular flexibility index (Phi) is 4.15. The molecule has 2 heterocycles. The summed E-state index contributed by atoms with van der Waals surface area (Å²) in [7, 11) is 0. The summed E-state index contributed by atoms with van der Waals surface area (Å²) in [6.45, 7) is 3.73. The van der Waals surface area contributed by atoms with E-state index in [1.807, 2.05) is 0 Å². The Morgan fingerprint density at radius 1 is 1.28 bits per heavy atom. The van der Waals surface area contributed by atoms with E-state index >= 15 is 0 Å². The van der Waals surface area contributed by atoms with Crippen molar-refractivity contribution in [2.75, 3.05) is 19.6 Å². The highest BCUT2D eigenvalue weighted by Crippen LogP contribution is 1.95. The van der Waals surface area contributed by atoms with E-state index in [0.29, 0.717) is 6.54 Å². The number of carboxylic acid groups (broad SMARTS) is 1. The Morgan fingerprint density at radius 2 is 2.00 bits per heavy atom. The van der Waals surface area contributed by atoms with Gasteiger partial charge in [-0.1, -0.05) is 0 Å². The molecule has 0 aromatic carbocycles. The number of carbonyl (C=O) groups excluding carboxylic acids is 1. The molecule has 1 saturated heterocycles. The van der Waals surface area contributed by atoms with E-state index in [1.54, 1.807) is 0 Å². The molecular formula is C13H18N2O3. The van der Waals surface area contributed by atoms with Crippen LogP contribution in [0.3, 0.4) is 0 Å². The largest absolute Gasteiger partial charge is 0.545 e. The van der Waals surface area contributed by atoms with Gasteiger partial charge < -0.3 is 19.4 Å². The number of likely N-dealkylation sites (tertiary alicyclic amines) is 1. The summed E-state index contributed by atoms with van der Waals surface area (Å²) in [5.74, 6) is -1.24. The first kappa shape index (κ1) is 12.8. The maximum atomic E-state index is 11.6. The van der Waals surface area contributed by atoms with Gasteiger partial charge in [-0.3, -0.25) is 4.79 Å². The molecule has 5 heteroatoms. The summed E-state index contributed by atoms with van der Waals surface area (Å²) >= 11 is 0. The first-order chi connectivity index (χ1) is 8.66. The van der Waals surface area contributed by atoms with Crippen molar-refractivity contribution in [1.29, 1.82) is 0 Å². The van der Waals surface area contributed by atoms with Crippen LogP contribution in [0.1, 0.15) is 29.6 Å². The van der Waals surface area contributed by atoms with Crippen molar-refractivity contribution in [1.82, 2.24) is 4.57 Å².